The summed E-state index contributed by atoms with van der Waals surface area (Å²) in [6, 6.07) is 7.58. The van der Waals surface area contributed by atoms with E-state index in [1.165, 1.54) is 19.1 Å². The predicted molar refractivity (Wildman–Crippen MR) is 69.4 cm³/mol. The van der Waals surface area contributed by atoms with E-state index in [4.69, 9.17) is 0 Å². The van der Waals surface area contributed by atoms with E-state index in [1.54, 1.807) is 0 Å². The molecule has 5 heteroatoms. The molecule has 0 unspecified atom stereocenters. The van der Waals surface area contributed by atoms with E-state index in [9.17, 15) is 8.42 Å². The Kier molecular flexibility index (Phi) is 3.69. The van der Waals surface area contributed by atoms with Crippen LogP contribution in [0.2, 0.25) is 0 Å². The van der Waals surface area contributed by atoms with Crippen molar-refractivity contribution in [2.45, 2.75) is 19.4 Å². The van der Waals surface area contributed by atoms with Gasteiger partial charge in [0, 0.05) is 6.54 Å². The number of para-hydroxylation sites is 1. The predicted octanol–water partition coefficient (Wildman–Crippen LogP) is 1.65. The number of likely N-dealkylation sites (tertiary alicyclic amines) is 1. The second kappa shape index (κ2) is 5.06. The second-order valence-corrected chi connectivity index (χ2v) is 6.26. The molecule has 17 heavy (non-hydrogen) atoms. The van der Waals surface area contributed by atoms with Gasteiger partial charge in [0.05, 0.1) is 11.9 Å². The number of nitrogens with zero attached hydrogens (tertiary/aromatic N) is 1. The van der Waals surface area contributed by atoms with Gasteiger partial charge in [-0.2, -0.15) is 0 Å². The number of benzene rings is 1. The summed E-state index contributed by atoms with van der Waals surface area (Å²) in [6.07, 6.45) is 3.66. The average molecular weight is 254 g/mol. The summed E-state index contributed by atoms with van der Waals surface area (Å²) in [7, 11) is -3.20. The molecule has 0 spiro atoms. The first-order valence-electron chi connectivity index (χ1n) is 5.83. The number of anilines is 1. The number of sulfonamides is 1. The first kappa shape index (κ1) is 12.4. The third kappa shape index (κ3) is 3.71. The zero-order valence-electron chi connectivity index (χ0n) is 10.0. The monoisotopic (exact) mass is 254 g/mol. The number of hydrogen-bond acceptors (Lipinski definition) is 3. The smallest absolute Gasteiger partial charge is 0.229 e. The summed E-state index contributed by atoms with van der Waals surface area (Å²) in [5, 5.41) is 0. The van der Waals surface area contributed by atoms with Crippen LogP contribution in [0.4, 0.5) is 5.69 Å². The van der Waals surface area contributed by atoms with Crippen molar-refractivity contribution >= 4 is 15.7 Å². The van der Waals surface area contributed by atoms with Gasteiger partial charge in [-0.25, -0.2) is 8.42 Å². The van der Waals surface area contributed by atoms with E-state index in [0.29, 0.717) is 5.69 Å². The maximum Gasteiger partial charge on any atom is 0.229 e. The normalized spacial score (nSPS) is 17.2. The van der Waals surface area contributed by atoms with Gasteiger partial charge in [0.15, 0.2) is 0 Å². The van der Waals surface area contributed by atoms with Crippen LogP contribution in [0.1, 0.15) is 18.4 Å². The highest BCUT2D eigenvalue weighted by Gasteiger charge is 2.14. The van der Waals surface area contributed by atoms with E-state index in [-0.39, 0.29) is 0 Å². The van der Waals surface area contributed by atoms with Crippen LogP contribution in [0.15, 0.2) is 24.3 Å². The SMILES string of the molecule is CS(=O)(=O)Nc1ccccc1CN1CCCC1. The number of rotatable bonds is 4. The molecule has 1 aromatic carbocycles. The van der Waals surface area contributed by atoms with Crippen molar-refractivity contribution in [2.24, 2.45) is 0 Å². The molecule has 0 bridgehead atoms. The molecule has 1 aliphatic rings. The van der Waals surface area contributed by atoms with Crippen LogP contribution in [0.25, 0.3) is 0 Å². The van der Waals surface area contributed by atoms with Crippen LogP contribution in [-0.2, 0) is 16.6 Å². The van der Waals surface area contributed by atoms with Gasteiger partial charge in [0.25, 0.3) is 0 Å². The lowest BCUT2D eigenvalue weighted by Crippen LogP contribution is -2.20. The second-order valence-electron chi connectivity index (χ2n) is 4.51. The van der Waals surface area contributed by atoms with Gasteiger partial charge < -0.3 is 0 Å². The lowest BCUT2D eigenvalue weighted by molar-refractivity contribution is 0.332. The van der Waals surface area contributed by atoms with E-state index in [2.05, 4.69) is 9.62 Å². The molecule has 1 saturated heterocycles. The molecule has 1 aliphatic heterocycles. The lowest BCUT2D eigenvalue weighted by Gasteiger charge is -2.17. The standard InChI is InChI=1S/C12H18N2O2S/c1-17(15,16)13-12-7-3-2-6-11(12)10-14-8-4-5-9-14/h2-3,6-7,13H,4-5,8-10H2,1H3. The minimum atomic E-state index is -3.20. The van der Waals surface area contributed by atoms with Crippen molar-refractivity contribution in [3.05, 3.63) is 29.8 Å². The van der Waals surface area contributed by atoms with Gasteiger partial charge in [-0.05, 0) is 37.6 Å². The topological polar surface area (TPSA) is 49.4 Å². The molecule has 94 valence electrons. The van der Waals surface area contributed by atoms with Crippen LogP contribution in [-0.4, -0.2) is 32.7 Å². The summed E-state index contributed by atoms with van der Waals surface area (Å²) in [4.78, 5) is 2.35. The van der Waals surface area contributed by atoms with Gasteiger partial charge >= 0.3 is 0 Å². The largest absolute Gasteiger partial charge is 0.299 e. The highest BCUT2D eigenvalue weighted by Crippen LogP contribution is 2.20. The summed E-state index contributed by atoms with van der Waals surface area (Å²) >= 11 is 0. The van der Waals surface area contributed by atoms with Gasteiger partial charge in [0.1, 0.15) is 0 Å². The number of nitrogens with one attached hydrogen (secondary N) is 1. The van der Waals surface area contributed by atoms with E-state index < -0.39 is 10.0 Å². The quantitative estimate of drug-likeness (QED) is 0.889. The molecule has 0 aromatic heterocycles. The Morgan fingerprint density at radius 1 is 1.24 bits per heavy atom. The molecular formula is C12H18N2O2S. The fourth-order valence-electron chi connectivity index (χ4n) is 2.14. The summed E-state index contributed by atoms with van der Waals surface area (Å²) < 4.78 is 25.1. The van der Waals surface area contributed by atoms with Gasteiger partial charge in [-0.3, -0.25) is 9.62 Å². The van der Waals surface area contributed by atoms with Crippen molar-refractivity contribution in [1.29, 1.82) is 0 Å². The van der Waals surface area contributed by atoms with Crippen LogP contribution in [0, 0.1) is 0 Å². The maximum absolute atomic E-state index is 11.3. The van der Waals surface area contributed by atoms with Crippen LogP contribution >= 0.6 is 0 Å². The molecule has 1 heterocycles. The van der Waals surface area contributed by atoms with Gasteiger partial charge in [-0.15, -0.1) is 0 Å². The number of hydrogen-bond donors (Lipinski definition) is 1. The summed E-state index contributed by atoms with van der Waals surface area (Å²) in [5.74, 6) is 0. The minimum absolute atomic E-state index is 0.696. The Morgan fingerprint density at radius 3 is 2.53 bits per heavy atom. The van der Waals surface area contributed by atoms with Crippen molar-refractivity contribution in [2.75, 3.05) is 24.1 Å². The molecule has 0 amide bonds. The molecule has 1 N–H and O–H groups in total. The Morgan fingerprint density at radius 2 is 1.88 bits per heavy atom. The Labute approximate surface area is 103 Å². The summed E-state index contributed by atoms with van der Waals surface area (Å²) in [5.41, 5.74) is 1.74. The zero-order chi connectivity index (χ0) is 12.3. The van der Waals surface area contributed by atoms with Crippen LogP contribution in [0.3, 0.4) is 0 Å². The van der Waals surface area contributed by atoms with E-state index in [1.807, 2.05) is 24.3 Å². The highest BCUT2D eigenvalue weighted by molar-refractivity contribution is 7.92. The zero-order valence-corrected chi connectivity index (χ0v) is 10.8. The molecule has 0 atom stereocenters. The molecule has 4 nitrogen and oxygen atoms in total. The molecular weight excluding hydrogens is 236 g/mol. The van der Waals surface area contributed by atoms with Crippen molar-refractivity contribution in [3.63, 3.8) is 0 Å². The highest BCUT2D eigenvalue weighted by atomic mass is 32.2. The first-order chi connectivity index (χ1) is 8.04. The van der Waals surface area contributed by atoms with Crippen molar-refractivity contribution < 1.29 is 8.42 Å². The maximum atomic E-state index is 11.3. The van der Waals surface area contributed by atoms with Crippen LogP contribution in [0.5, 0.6) is 0 Å². The lowest BCUT2D eigenvalue weighted by atomic mass is 10.2. The molecule has 0 radical (unpaired) electrons. The van der Waals surface area contributed by atoms with Crippen molar-refractivity contribution in [3.8, 4) is 0 Å². The molecule has 1 aromatic rings. The molecule has 1 fully saturated rings. The molecule has 2 rings (SSSR count). The van der Waals surface area contributed by atoms with Gasteiger partial charge in [-0.1, -0.05) is 18.2 Å². The average Bonchev–Trinajstić information content (AvgIpc) is 2.71. The Bertz CT molecular complexity index is 479. The fraction of sp³-hybridized carbons (Fsp3) is 0.500. The Hall–Kier alpha value is -1.07. The molecule has 0 aliphatic carbocycles. The minimum Gasteiger partial charge on any atom is -0.299 e. The summed E-state index contributed by atoms with van der Waals surface area (Å²) in [6.45, 7) is 3.03. The molecule has 0 saturated carbocycles. The van der Waals surface area contributed by atoms with Crippen LogP contribution < -0.4 is 4.72 Å². The van der Waals surface area contributed by atoms with E-state index >= 15 is 0 Å². The van der Waals surface area contributed by atoms with Crippen molar-refractivity contribution in [1.82, 2.24) is 4.90 Å². The van der Waals surface area contributed by atoms with E-state index in [0.717, 1.165) is 25.2 Å². The third-order valence-corrected chi connectivity index (χ3v) is 3.50. The fourth-order valence-corrected chi connectivity index (χ4v) is 2.74. The third-order valence-electron chi connectivity index (χ3n) is 2.91. The van der Waals surface area contributed by atoms with Gasteiger partial charge in [0.2, 0.25) is 10.0 Å². The Balaban J connectivity index is 2.15. The first-order valence-corrected chi connectivity index (χ1v) is 7.72.